The summed E-state index contributed by atoms with van der Waals surface area (Å²) in [5.74, 6) is -1.03. The average Bonchev–Trinajstić information content (AvgIpc) is 3.15. The maximum Gasteiger partial charge on any atom is 0.303 e. The molecule has 10 heteroatoms. The molecule has 0 unspecified atom stereocenters. The third kappa shape index (κ3) is 3.91. The lowest BCUT2D eigenvalue weighted by molar-refractivity contribution is -0.156. The van der Waals surface area contributed by atoms with Crippen LogP contribution in [0.5, 0.6) is 0 Å². The minimum absolute atomic E-state index is 0.00479. The van der Waals surface area contributed by atoms with E-state index < -0.39 is 30.4 Å². The molecule has 9 nitrogen and oxygen atoms in total. The molecule has 3 rings (SSSR count). The fourth-order valence-electron chi connectivity index (χ4n) is 3.22. The molecule has 0 spiro atoms. The van der Waals surface area contributed by atoms with Gasteiger partial charge in [-0.05, 0) is 13.2 Å². The van der Waals surface area contributed by atoms with Crippen LogP contribution < -0.4 is 0 Å². The van der Waals surface area contributed by atoms with Gasteiger partial charge in [0, 0.05) is 19.8 Å². The van der Waals surface area contributed by atoms with Gasteiger partial charge in [0.2, 0.25) is 0 Å². The highest BCUT2D eigenvalue weighted by Crippen LogP contribution is 2.38. The molecule has 1 saturated heterocycles. The fourth-order valence-corrected chi connectivity index (χ4v) is 3.62. The van der Waals surface area contributed by atoms with Gasteiger partial charge in [0.15, 0.2) is 10.8 Å². The number of thioether (sulfide) groups is 1. The molecule has 0 aromatic carbocycles. The Morgan fingerprint density at radius 2 is 2.04 bits per heavy atom. The summed E-state index contributed by atoms with van der Waals surface area (Å²) < 4.78 is 18.5. The van der Waals surface area contributed by atoms with Crippen LogP contribution in [0.4, 0.5) is 0 Å². The first-order chi connectivity index (χ1) is 12.8. The predicted octanol–water partition coefficient (Wildman–Crippen LogP) is 1.88. The molecule has 0 bridgehead atoms. The van der Waals surface area contributed by atoms with E-state index in [4.69, 9.17) is 14.2 Å². The number of carbonyl (C=O) groups is 2. The zero-order valence-corrected chi connectivity index (χ0v) is 16.6. The van der Waals surface area contributed by atoms with Crippen LogP contribution in [0.15, 0.2) is 11.5 Å². The molecule has 0 N–H and O–H groups in total. The molecule has 2 aromatic rings. The third-order valence-corrected chi connectivity index (χ3v) is 4.98. The quantitative estimate of drug-likeness (QED) is 0.427. The second-order valence-electron chi connectivity index (χ2n) is 6.42. The topological polar surface area (TPSA) is 105 Å². The third-order valence-electron chi connectivity index (χ3n) is 4.43. The molecule has 0 amide bonds. The summed E-state index contributed by atoms with van der Waals surface area (Å²) >= 11 is 1.44. The molecule has 0 radical (unpaired) electrons. The van der Waals surface area contributed by atoms with E-state index in [2.05, 4.69) is 15.0 Å². The number of aromatic nitrogens is 4. The standard InChI is InChI=1S/C17H22N4O5S/c1-8-14(25-11(4)23)12(6-24-10(3)22)26-16(8)21-7-18-13-9(2)19-17(27-5)20-15(13)21/h7-8,12,14,16H,6H2,1-5H3/t8-,12-,14+,16-/m1/s1. The van der Waals surface area contributed by atoms with Gasteiger partial charge in [-0.2, -0.15) is 0 Å². The van der Waals surface area contributed by atoms with Gasteiger partial charge in [-0.25, -0.2) is 15.0 Å². The van der Waals surface area contributed by atoms with E-state index in [9.17, 15) is 9.59 Å². The Bertz CT molecular complexity index is 870. The Morgan fingerprint density at radius 1 is 1.30 bits per heavy atom. The van der Waals surface area contributed by atoms with E-state index >= 15 is 0 Å². The monoisotopic (exact) mass is 394 g/mol. The van der Waals surface area contributed by atoms with Crippen molar-refractivity contribution in [3.8, 4) is 0 Å². The highest BCUT2D eigenvalue weighted by Gasteiger charge is 2.46. The van der Waals surface area contributed by atoms with Crippen LogP contribution >= 0.6 is 11.8 Å². The van der Waals surface area contributed by atoms with Crippen molar-refractivity contribution in [2.75, 3.05) is 12.9 Å². The number of ether oxygens (including phenoxy) is 3. The molecule has 4 atom stereocenters. The molecule has 2 aromatic heterocycles. The van der Waals surface area contributed by atoms with Crippen LogP contribution in [0, 0.1) is 12.8 Å². The molecule has 27 heavy (non-hydrogen) atoms. The van der Waals surface area contributed by atoms with E-state index in [1.165, 1.54) is 25.6 Å². The van der Waals surface area contributed by atoms with Crippen LogP contribution in [-0.4, -0.2) is 56.5 Å². The smallest absolute Gasteiger partial charge is 0.303 e. The molecule has 1 fully saturated rings. The zero-order chi connectivity index (χ0) is 19.7. The number of hydrogen-bond donors (Lipinski definition) is 0. The van der Waals surface area contributed by atoms with Crippen molar-refractivity contribution in [3.05, 3.63) is 12.0 Å². The van der Waals surface area contributed by atoms with Crippen LogP contribution in [0.2, 0.25) is 0 Å². The first kappa shape index (κ1) is 19.6. The van der Waals surface area contributed by atoms with E-state index in [1.54, 1.807) is 6.33 Å². The first-order valence-electron chi connectivity index (χ1n) is 8.53. The number of hydrogen-bond acceptors (Lipinski definition) is 9. The van der Waals surface area contributed by atoms with Gasteiger partial charge in [0.25, 0.3) is 0 Å². The predicted molar refractivity (Wildman–Crippen MR) is 97.1 cm³/mol. The number of imidazole rings is 1. The highest BCUT2D eigenvalue weighted by molar-refractivity contribution is 7.98. The maximum atomic E-state index is 11.5. The minimum atomic E-state index is -0.571. The second-order valence-corrected chi connectivity index (χ2v) is 7.19. The molecule has 0 saturated carbocycles. The lowest BCUT2D eigenvalue weighted by Gasteiger charge is -2.20. The van der Waals surface area contributed by atoms with Crippen molar-refractivity contribution in [2.45, 2.75) is 51.3 Å². The maximum absolute atomic E-state index is 11.5. The van der Waals surface area contributed by atoms with E-state index in [-0.39, 0.29) is 12.5 Å². The Morgan fingerprint density at radius 3 is 2.67 bits per heavy atom. The highest BCUT2D eigenvalue weighted by atomic mass is 32.2. The molecule has 146 valence electrons. The van der Waals surface area contributed by atoms with Crippen molar-refractivity contribution in [1.29, 1.82) is 0 Å². The van der Waals surface area contributed by atoms with Gasteiger partial charge in [-0.3, -0.25) is 14.2 Å². The molecule has 1 aliphatic rings. The van der Waals surface area contributed by atoms with Crippen molar-refractivity contribution in [2.24, 2.45) is 5.92 Å². The summed E-state index contributed by atoms with van der Waals surface area (Å²) in [6.07, 6.45) is 1.97. The number of carbonyl (C=O) groups excluding carboxylic acids is 2. The zero-order valence-electron chi connectivity index (χ0n) is 15.8. The van der Waals surface area contributed by atoms with Crippen LogP contribution in [0.25, 0.3) is 11.2 Å². The minimum Gasteiger partial charge on any atom is -0.463 e. The summed E-state index contributed by atoms with van der Waals surface area (Å²) in [7, 11) is 0. The van der Waals surface area contributed by atoms with Crippen molar-refractivity contribution >= 4 is 34.9 Å². The summed E-state index contributed by atoms with van der Waals surface area (Å²) in [6.45, 7) is 6.47. The Hall–Kier alpha value is -2.20. The van der Waals surface area contributed by atoms with Crippen molar-refractivity contribution in [1.82, 2.24) is 19.5 Å². The van der Waals surface area contributed by atoms with Gasteiger partial charge >= 0.3 is 11.9 Å². The average molecular weight is 394 g/mol. The Kier molecular flexibility index (Phi) is 5.66. The lowest BCUT2D eigenvalue weighted by Crippen LogP contribution is -2.34. The van der Waals surface area contributed by atoms with E-state index in [1.807, 2.05) is 24.7 Å². The largest absolute Gasteiger partial charge is 0.463 e. The summed E-state index contributed by atoms with van der Waals surface area (Å²) in [4.78, 5) is 36.1. The number of esters is 2. The van der Waals surface area contributed by atoms with E-state index in [0.717, 1.165) is 5.69 Å². The number of nitrogens with zero attached hydrogens (tertiary/aromatic N) is 4. The van der Waals surface area contributed by atoms with E-state index in [0.29, 0.717) is 16.3 Å². The van der Waals surface area contributed by atoms with Gasteiger partial charge in [0.1, 0.15) is 30.6 Å². The van der Waals surface area contributed by atoms with Crippen LogP contribution in [0.1, 0.15) is 32.7 Å². The second kappa shape index (κ2) is 7.81. The van der Waals surface area contributed by atoms with Crippen molar-refractivity contribution < 1.29 is 23.8 Å². The van der Waals surface area contributed by atoms with Gasteiger partial charge < -0.3 is 14.2 Å². The molecule has 0 aliphatic carbocycles. The fraction of sp³-hybridized carbons (Fsp3) is 0.588. The summed E-state index contributed by atoms with van der Waals surface area (Å²) in [5.41, 5.74) is 2.12. The normalized spacial score (nSPS) is 24.9. The lowest BCUT2D eigenvalue weighted by atomic mass is 10.0. The molecular weight excluding hydrogens is 372 g/mol. The summed E-state index contributed by atoms with van der Waals surface area (Å²) in [5, 5.41) is 0.639. The van der Waals surface area contributed by atoms with Crippen LogP contribution in [-0.2, 0) is 23.8 Å². The van der Waals surface area contributed by atoms with Crippen LogP contribution in [0.3, 0.4) is 0 Å². The number of rotatable bonds is 5. The molecule has 3 heterocycles. The first-order valence-corrected chi connectivity index (χ1v) is 9.75. The number of aryl methyl sites for hydroxylation is 1. The number of fused-ring (bicyclic) bond motifs is 1. The Labute approximate surface area is 160 Å². The molecule has 1 aliphatic heterocycles. The van der Waals surface area contributed by atoms with Gasteiger partial charge in [0.05, 0.1) is 12.0 Å². The SMILES string of the molecule is CSc1nc(C)c2ncn([C@@H]3O[C@H](COC(C)=O)[C@@H](OC(C)=O)[C@H]3C)c2n1. The summed E-state index contributed by atoms with van der Waals surface area (Å²) in [6, 6.07) is 0. The Balaban J connectivity index is 1.96. The van der Waals surface area contributed by atoms with Gasteiger partial charge in [-0.1, -0.05) is 18.7 Å². The van der Waals surface area contributed by atoms with Crippen molar-refractivity contribution in [3.63, 3.8) is 0 Å². The van der Waals surface area contributed by atoms with Gasteiger partial charge in [-0.15, -0.1) is 0 Å². The molecular formula is C17H22N4O5S.